The molecule has 16 aromatic rings. The van der Waals surface area contributed by atoms with Crippen molar-refractivity contribution < 1.29 is 66.4 Å². The van der Waals surface area contributed by atoms with E-state index in [0.717, 1.165) is 61.9 Å². The number of nitrogens with one attached hydrogen (secondary N) is 8. The van der Waals surface area contributed by atoms with Gasteiger partial charge in [0.2, 0.25) is 0 Å². The molecule has 35 heteroatoms. The van der Waals surface area contributed by atoms with Gasteiger partial charge in [0.15, 0.2) is 73.6 Å². The SMILES string of the molecule is CC(C)S(=O)(=O)c1ccc(-c2cnc3[nH]cc(C(=O)NC4CCOc5ccccc54)c3n2)cc1.CC(C)S(=O)(=O)c1ccc(-c2cnc3[nH]cc(C(=O)NCc4cccc(F)c4F)c3n2)cc1.Cc1ccc(C)c(CNC(=O)c2c[nH]c3ncc(-c4ccc(S(=O)(=O)C(C)C)cc4)nc23)c1.Cc1cccc(C)c1CNC(=O)c1c[nH]c2ncc(-c3ccc(S(=O)(=O)C(C)C)cc3)nc12. The van der Waals surface area contributed by atoms with Crippen LogP contribution in [0.3, 0.4) is 0 Å². The Hall–Kier alpha value is -14.4. The molecule has 0 spiro atoms. The third kappa shape index (κ3) is 20.8. The summed E-state index contributed by atoms with van der Waals surface area (Å²) < 4.78 is 132. The number of sulfone groups is 4. The number of ether oxygens (including phenoxy) is 1. The van der Waals surface area contributed by atoms with Crippen LogP contribution in [-0.2, 0) is 59.0 Å². The molecule has 684 valence electrons. The van der Waals surface area contributed by atoms with Crippen molar-refractivity contribution >= 4 is 108 Å². The van der Waals surface area contributed by atoms with Crippen molar-refractivity contribution in [2.24, 2.45) is 0 Å². The number of H-pyrrole nitrogens is 4. The van der Waals surface area contributed by atoms with Gasteiger partial charge in [0.25, 0.3) is 23.6 Å². The van der Waals surface area contributed by atoms with Crippen LogP contribution in [0.5, 0.6) is 5.75 Å². The normalized spacial score (nSPS) is 12.8. The molecule has 8 aromatic heterocycles. The summed E-state index contributed by atoms with van der Waals surface area (Å²) in [5.74, 6) is -2.49. The number of halogens is 2. The fraction of sp³-hybridized carbons (Fsp3) is 0.224. The van der Waals surface area contributed by atoms with Gasteiger partial charge in [-0.1, -0.05) is 121 Å². The molecule has 8 N–H and O–H groups in total. The first-order chi connectivity index (χ1) is 63.4. The van der Waals surface area contributed by atoms with Crippen molar-refractivity contribution in [2.45, 2.75) is 156 Å². The second kappa shape index (κ2) is 39.7. The van der Waals surface area contributed by atoms with Crippen molar-refractivity contribution in [3.8, 4) is 50.8 Å². The molecule has 9 heterocycles. The number of aromatic nitrogens is 12. The van der Waals surface area contributed by atoms with Gasteiger partial charge < -0.3 is 45.9 Å². The van der Waals surface area contributed by atoms with Crippen LogP contribution in [0.1, 0.15) is 154 Å². The molecule has 0 fully saturated rings. The van der Waals surface area contributed by atoms with Crippen LogP contribution in [0.4, 0.5) is 8.78 Å². The number of carbonyl (C=O) groups is 4. The van der Waals surface area contributed by atoms with Crippen LogP contribution < -0.4 is 26.0 Å². The number of benzene rings is 8. The number of nitrogens with zero attached hydrogens (tertiary/aromatic N) is 8. The fourth-order valence-electron chi connectivity index (χ4n) is 14.5. The molecule has 0 saturated carbocycles. The number of amides is 4. The average molecular weight is 1870 g/mol. The molecule has 0 saturated heterocycles. The maximum absolute atomic E-state index is 13.8. The molecule has 8 aromatic carbocycles. The van der Waals surface area contributed by atoms with E-state index in [-0.39, 0.29) is 61.0 Å². The van der Waals surface area contributed by atoms with E-state index in [2.05, 4.69) is 87.1 Å². The Morgan fingerprint density at radius 1 is 0.391 bits per heavy atom. The first kappa shape index (κ1) is 94.7. The van der Waals surface area contributed by atoms with E-state index in [9.17, 15) is 61.6 Å². The lowest BCUT2D eigenvalue weighted by Gasteiger charge is -2.26. The topological polar surface area (TPSA) is 428 Å². The second-order valence-corrected chi connectivity index (χ2v) is 42.9. The van der Waals surface area contributed by atoms with Crippen LogP contribution in [0, 0.1) is 39.3 Å². The molecule has 1 unspecified atom stereocenters. The first-order valence-corrected chi connectivity index (χ1v) is 48.7. The summed E-state index contributed by atoms with van der Waals surface area (Å²) in [6.07, 6.45) is 13.2. The van der Waals surface area contributed by atoms with Crippen molar-refractivity contribution in [3.05, 3.63) is 304 Å². The zero-order valence-corrected chi connectivity index (χ0v) is 77.8. The van der Waals surface area contributed by atoms with Crippen molar-refractivity contribution in [3.63, 3.8) is 0 Å². The Balaban J connectivity index is 0.000000142. The zero-order valence-electron chi connectivity index (χ0n) is 74.6. The molecule has 0 bridgehead atoms. The smallest absolute Gasteiger partial charge is 0.255 e. The Labute approximate surface area is 767 Å². The summed E-state index contributed by atoms with van der Waals surface area (Å²) in [5.41, 5.74) is 17.5. The number of para-hydroxylation sites is 1. The first-order valence-electron chi connectivity index (χ1n) is 42.5. The van der Waals surface area contributed by atoms with Crippen LogP contribution in [0.15, 0.2) is 245 Å². The second-order valence-electron chi connectivity index (χ2n) is 32.9. The molecular weight excluding hydrogens is 1780 g/mol. The number of aromatic amines is 4. The number of rotatable bonds is 23. The van der Waals surface area contributed by atoms with Gasteiger partial charge in [0.05, 0.1) is 123 Å². The minimum absolute atomic E-state index is 0.0198. The number of aryl methyl sites for hydroxylation is 4. The van der Waals surface area contributed by atoms with Gasteiger partial charge in [0, 0.05) is 84.2 Å². The van der Waals surface area contributed by atoms with E-state index in [4.69, 9.17) is 4.74 Å². The van der Waals surface area contributed by atoms with Gasteiger partial charge in [0.1, 0.15) is 27.8 Å². The van der Waals surface area contributed by atoms with Crippen LogP contribution in [-0.4, -0.2) is 145 Å². The van der Waals surface area contributed by atoms with Gasteiger partial charge in [-0.25, -0.2) is 82.3 Å². The lowest BCUT2D eigenvalue weighted by Crippen LogP contribution is -2.32. The van der Waals surface area contributed by atoms with Gasteiger partial charge in [-0.3, -0.25) is 19.2 Å². The van der Waals surface area contributed by atoms with Crippen LogP contribution in [0.25, 0.3) is 89.7 Å². The summed E-state index contributed by atoms with van der Waals surface area (Å²) in [5, 5.41) is 9.55. The van der Waals surface area contributed by atoms with Crippen LogP contribution >= 0.6 is 0 Å². The van der Waals surface area contributed by atoms with Crippen LogP contribution in [0.2, 0.25) is 0 Å². The highest BCUT2D eigenvalue weighted by Crippen LogP contribution is 2.35. The fourth-order valence-corrected chi connectivity index (χ4v) is 18.7. The zero-order chi connectivity index (χ0) is 95.1. The average Bonchev–Trinajstić information content (AvgIpc) is 1.81. The highest BCUT2D eigenvalue weighted by molar-refractivity contribution is 7.93. The van der Waals surface area contributed by atoms with Crippen molar-refractivity contribution in [2.75, 3.05) is 6.61 Å². The van der Waals surface area contributed by atoms with E-state index in [1.54, 1.807) is 178 Å². The molecule has 1 aliphatic rings. The largest absolute Gasteiger partial charge is 0.493 e. The highest BCUT2D eigenvalue weighted by Gasteiger charge is 2.29. The Morgan fingerprint density at radius 2 is 0.729 bits per heavy atom. The Bertz CT molecular complexity index is 7400. The summed E-state index contributed by atoms with van der Waals surface area (Å²) in [6.45, 7) is 22.4. The van der Waals surface area contributed by atoms with Gasteiger partial charge in [-0.2, -0.15) is 0 Å². The van der Waals surface area contributed by atoms with E-state index < -0.39 is 77.9 Å². The van der Waals surface area contributed by atoms with Crippen molar-refractivity contribution in [1.29, 1.82) is 0 Å². The van der Waals surface area contributed by atoms with E-state index in [1.807, 2.05) is 82.3 Å². The maximum Gasteiger partial charge on any atom is 0.255 e. The Morgan fingerprint density at radius 3 is 1.10 bits per heavy atom. The molecule has 0 radical (unpaired) electrons. The third-order valence-electron chi connectivity index (χ3n) is 22.6. The predicted octanol–water partition coefficient (Wildman–Crippen LogP) is 16.8. The standard InChI is InChI=1S/C25H24N4O4S.2C25H26N4O3S.C23H20F2N4O3S/c1-15(2)34(31,32)17-9-7-16(8-10-17)21-14-27-24-23(28-21)19(13-26-24)25(30)29-20-11-12-33-22-6-4-3-5-18(20)22;1-15(2)33(31,32)20-9-7-18(8-10-20)22-14-27-24-23(29-22)21(13-26-24)25(30)28-12-19-11-16(3)5-6-17(19)4;1-15(2)33(31,32)19-10-8-18(9-11-19)22-14-27-24-23(29-22)21(13-26-24)25(30)28-12-20-16(3)6-5-7-17(20)4;1-13(2)33(31,32)16-8-6-14(7-9-16)19-12-27-22-21(29-19)17(11-26-22)23(30)28-10-15-4-3-5-18(24)20(15)25/h3-10,13-15,20H,11-12H2,1-2H3,(H,26,27)(H,29,30);2*5-11,13-15H,12H2,1-4H3,(H,26,27)(H,28,30);3-9,11-13H,10H2,1-2H3,(H,26,27)(H,28,30). The lowest BCUT2D eigenvalue weighted by molar-refractivity contribution is 0.0921. The summed E-state index contributed by atoms with van der Waals surface area (Å²) in [4.78, 5) is 100. The number of carbonyl (C=O) groups excluding carboxylic acids is 4. The lowest BCUT2D eigenvalue weighted by atomic mass is 10.0. The Kier molecular flexibility index (Phi) is 28.3. The summed E-state index contributed by atoms with van der Waals surface area (Å²) in [6, 6.07) is 49.4. The van der Waals surface area contributed by atoms with E-state index in [1.165, 1.54) is 36.7 Å². The number of fused-ring (bicyclic) bond motifs is 5. The third-order valence-corrected chi connectivity index (χ3v) is 31.3. The molecule has 133 heavy (non-hydrogen) atoms. The maximum atomic E-state index is 13.8. The quantitative estimate of drug-likeness (QED) is 0.0295. The van der Waals surface area contributed by atoms with Gasteiger partial charge >= 0.3 is 0 Å². The minimum Gasteiger partial charge on any atom is -0.493 e. The summed E-state index contributed by atoms with van der Waals surface area (Å²) in [7, 11) is -13.5. The monoisotopic (exact) mass is 1870 g/mol. The molecular formula is C98H96F2N16O13S4. The van der Waals surface area contributed by atoms with E-state index >= 15 is 0 Å². The number of hydrogen-bond acceptors (Lipinski definition) is 21. The number of hydrogen-bond donors (Lipinski definition) is 8. The molecule has 29 nitrogen and oxygen atoms in total. The molecule has 1 aliphatic heterocycles. The molecule has 0 aliphatic carbocycles. The molecule has 1 atom stereocenters. The summed E-state index contributed by atoms with van der Waals surface area (Å²) >= 11 is 0. The van der Waals surface area contributed by atoms with Gasteiger partial charge in [-0.15, -0.1) is 0 Å². The predicted molar refractivity (Wildman–Crippen MR) is 505 cm³/mol. The molecule has 17 rings (SSSR count). The van der Waals surface area contributed by atoms with Crippen molar-refractivity contribution in [1.82, 2.24) is 81.1 Å². The molecule has 4 amide bonds. The highest BCUT2D eigenvalue weighted by atomic mass is 32.2. The minimum atomic E-state index is -3.40. The van der Waals surface area contributed by atoms with Gasteiger partial charge in [-0.05, 0) is 172 Å². The van der Waals surface area contributed by atoms with E-state index in [0.29, 0.717) is 121 Å².